The Morgan fingerprint density at radius 1 is 0.485 bits per heavy atom. The van der Waals surface area contributed by atoms with Gasteiger partial charge in [0.25, 0.3) is 0 Å². The van der Waals surface area contributed by atoms with Crippen LogP contribution in [0.4, 0.5) is 39.5 Å². The molecule has 0 radical (unpaired) electrons. The van der Waals surface area contributed by atoms with Gasteiger partial charge in [0, 0.05) is 5.30 Å². The van der Waals surface area contributed by atoms with Crippen LogP contribution < -0.4 is 15.9 Å². The van der Waals surface area contributed by atoms with Crippen molar-refractivity contribution in [1.82, 2.24) is 0 Å². The highest BCUT2D eigenvalue weighted by atomic mass is 35.5. The van der Waals surface area contributed by atoms with E-state index in [2.05, 4.69) is 0 Å². The predicted octanol–water partition coefficient (Wildman–Crippen LogP) is 7.81. The monoisotopic (exact) mass is 534 g/mol. The molecule has 3 aromatic rings. The molecule has 0 N–H and O–H groups in total. The second kappa shape index (κ2) is 9.01. The van der Waals surface area contributed by atoms with E-state index >= 15 is 0 Å². The Morgan fingerprint density at radius 3 is 1.21 bits per heavy atom. The number of hydrogen-bond acceptors (Lipinski definition) is 0. The van der Waals surface area contributed by atoms with E-state index in [4.69, 9.17) is 23.2 Å². The minimum Gasteiger partial charge on any atom is -0.166 e. The molecule has 0 aromatic heterocycles. The zero-order valence-corrected chi connectivity index (χ0v) is 18.3. The van der Waals surface area contributed by atoms with Crippen LogP contribution in [0.25, 0.3) is 0 Å². The summed E-state index contributed by atoms with van der Waals surface area (Å²) in [5, 5.41) is -0.819. The molecule has 0 unspecified atom stereocenters. The first-order chi connectivity index (χ1) is 15.1. The summed E-state index contributed by atoms with van der Waals surface area (Å²) < 4.78 is 117. The van der Waals surface area contributed by atoms with Gasteiger partial charge >= 0.3 is 18.5 Å². The van der Waals surface area contributed by atoms with Crippen molar-refractivity contribution in [2.24, 2.45) is 0 Å². The molecule has 0 heterocycles. The van der Waals surface area contributed by atoms with E-state index in [-0.39, 0.29) is 15.9 Å². The topological polar surface area (TPSA) is 0 Å². The van der Waals surface area contributed by atoms with E-state index in [1.807, 2.05) is 0 Å². The molecule has 3 aromatic carbocycles. The molecule has 0 aliphatic carbocycles. The van der Waals surface area contributed by atoms with Gasteiger partial charge < -0.3 is 0 Å². The molecule has 0 fully saturated rings. The molecule has 3 rings (SSSR count). The quantitative estimate of drug-likeness (QED) is 0.237. The van der Waals surface area contributed by atoms with Crippen LogP contribution in [0.15, 0.2) is 60.7 Å². The van der Waals surface area contributed by atoms with Crippen molar-refractivity contribution in [3.63, 3.8) is 0 Å². The number of benzene rings is 3. The van der Waals surface area contributed by atoms with Crippen molar-refractivity contribution in [1.29, 1.82) is 0 Å². The van der Waals surface area contributed by atoms with Gasteiger partial charge in [-0.25, -0.2) is 0 Å². The fourth-order valence-electron chi connectivity index (χ4n) is 2.96. The highest BCUT2D eigenvalue weighted by molar-refractivity contribution is 7.80. The van der Waals surface area contributed by atoms with Crippen LogP contribution >= 0.6 is 31.1 Å². The summed E-state index contributed by atoms with van der Waals surface area (Å²) in [6.07, 6.45) is -14.1. The van der Waals surface area contributed by atoms with Gasteiger partial charge in [-0.05, 0) is 48.9 Å². The molecule has 176 valence electrons. The maximum atomic E-state index is 13.2. The van der Waals surface area contributed by atoms with Crippen molar-refractivity contribution in [2.45, 2.75) is 18.5 Å². The van der Waals surface area contributed by atoms with E-state index in [9.17, 15) is 39.5 Å². The van der Waals surface area contributed by atoms with Crippen molar-refractivity contribution in [3.05, 3.63) is 87.4 Å². The van der Waals surface area contributed by atoms with Crippen molar-refractivity contribution in [2.75, 3.05) is 0 Å². The van der Waals surface area contributed by atoms with Gasteiger partial charge in [0.15, 0.2) is 0 Å². The lowest BCUT2D eigenvalue weighted by molar-refractivity contribution is -0.138. The van der Waals surface area contributed by atoms with Crippen LogP contribution in [0.2, 0.25) is 10.0 Å². The van der Waals surface area contributed by atoms with E-state index in [1.165, 1.54) is 0 Å². The molecule has 12 heteroatoms. The van der Waals surface area contributed by atoms with E-state index in [0.29, 0.717) is 6.07 Å². The zero-order valence-electron chi connectivity index (χ0n) is 15.9. The lowest BCUT2D eigenvalue weighted by Crippen LogP contribution is -2.23. The molecular formula is C21H10Cl2F9P. The molecule has 0 aliphatic rings. The summed E-state index contributed by atoms with van der Waals surface area (Å²) in [7, 11) is -1.95. The molecular weight excluding hydrogens is 525 g/mol. The van der Waals surface area contributed by atoms with Crippen molar-refractivity contribution in [3.8, 4) is 0 Å². The minimum atomic E-state index is -4.81. The van der Waals surface area contributed by atoms with Gasteiger partial charge in [0.05, 0.1) is 26.7 Å². The standard InChI is InChI=1S/C21H10Cl2F9P/c22-17-15(21(30,31)32)9-10-16(18(17)23)33(13-5-1-11(2-6-13)19(24,25)26)14-7-3-12(4-8-14)20(27,28)29/h1-10H. The lowest BCUT2D eigenvalue weighted by Gasteiger charge is -2.23. The molecule has 0 bridgehead atoms. The Hall–Kier alpha value is -1.96. The summed E-state index contributed by atoms with van der Waals surface area (Å²) in [6.45, 7) is 0. The first-order valence-electron chi connectivity index (χ1n) is 8.80. The third kappa shape index (κ3) is 5.58. The summed E-state index contributed by atoms with van der Waals surface area (Å²) in [5.41, 5.74) is -3.15. The first-order valence-corrected chi connectivity index (χ1v) is 10.9. The Balaban J connectivity index is 2.19. The number of rotatable bonds is 3. The molecule has 0 aliphatic heterocycles. The fraction of sp³-hybridized carbons (Fsp3) is 0.143. The first kappa shape index (κ1) is 25.7. The Kier molecular flexibility index (Phi) is 7.00. The maximum absolute atomic E-state index is 13.2. The summed E-state index contributed by atoms with van der Waals surface area (Å²) in [6, 6.07) is 9.21. The van der Waals surface area contributed by atoms with Crippen LogP contribution in [0.5, 0.6) is 0 Å². The molecule has 0 nitrogen and oxygen atoms in total. The second-order valence-corrected chi connectivity index (χ2v) is 9.62. The molecule has 0 saturated heterocycles. The number of alkyl halides is 9. The lowest BCUT2D eigenvalue weighted by atomic mass is 10.2. The van der Waals surface area contributed by atoms with E-state index in [1.54, 1.807) is 0 Å². The largest absolute Gasteiger partial charge is 0.417 e. The zero-order chi connectivity index (χ0) is 24.8. The van der Waals surface area contributed by atoms with Crippen LogP contribution in [-0.2, 0) is 18.5 Å². The summed E-state index contributed by atoms with van der Waals surface area (Å²) >= 11 is 12.0. The molecule has 33 heavy (non-hydrogen) atoms. The molecule has 0 atom stereocenters. The van der Waals surface area contributed by atoms with Crippen LogP contribution in [-0.4, -0.2) is 0 Å². The molecule has 0 saturated carbocycles. The van der Waals surface area contributed by atoms with E-state index in [0.717, 1.165) is 54.6 Å². The van der Waals surface area contributed by atoms with Crippen LogP contribution in [0, 0.1) is 0 Å². The molecule has 0 spiro atoms. The van der Waals surface area contributed by atoms with Gasteiger partial charge in [-0.2, -0.15) is 39.5 Å². The third-order valence-electron chi connectivity index (χ3n) is 4.51. The van der Waals surface area contributed by atoms with Gasteiger partial charge in [0.1, 0.15) is 0 Å². The highest BCUT2D eigenvalue weighted by Gasteiger charge is 2.36. The maximum Gasteiger partial charge on any atom is 0.417 e. The van der Waals surface area contributed by atoms with E-state index < -0.39 is 53.2 Å². The van der Waals surface area contributed by atoms with Gasteiger partial charge in [-0.15, -0.1) is 0 Å². The predicted molar refractivity (Wildman–Crippen MR) is 110 cm³/mol. The fourth-order valence-corrected chi connectivity index (χ4v) is 5.99. The Labute approximate surface area is 192 Å². The SMILES string of the molecule is FC(F)(F)c1ccc(P(c2ccc(C(F)(F)F)cc2)c2ccc(C(F)(F)F)c(Cl)c2Cl)cc1. The number of hydrogen-bond donors (Lipinski definition) is 0. The summed E-state index contributed by atoms with van der Waals surface area (Å²) in [4.78, 5) is 0. The average Bonchev–Trinajstić information content (AvgIpc) is 2.70. The van der Waals surface area contributed by atoms with Gasteiger partial charge in [-0.3, -0.25) is 0 Å². The van der Waals surface area contributed by atoms with Gasteiger partial charge in [0.2, 0.25) is 0 Å². The second-order valence-electron chi connectivity index (χ2n) is 6.68. The third-order valence-corrected chi connectivity index (χ3v) is 8.01. The van der Waals surface area contributed by atoms with Crippen molar-refractivity contribution < 1.29 is 39.5 Å². The Morgan fingerprint density at radius 2 is 0.879 bits per heavy atom. The number of halogens is 11. The highest BCUT2D eigenvalue weighted by Crippen LogP contribution is 2.43. The molecule has 0 amide bonds. The van der Waals surface area contributed by atoms with Gasteiger partial charge in [-0.1, -0.05) is 53.5 Å². The minimum absolute atomic E-state index is 0.0455. The average molecular weight is 535 g/mol. The Bertz CT molecular complexity index is 1080. The van der Waals surface area contributed by atoms with Crippen LogP contribution in [0.3, 0.4) is 0 Å². The normalized spacial score (nSPS) is 13.0. The summed E-state index contributed by atoms with van der Waals surface area (Å²) in [5.74, 6) is 0. The van der Waals surface area contributed by atoms with Crippen LogP contribution in [0.1, 0.15) is 16.7 Å². The smallest absolute Gasteiger partial charge is 0.166 e. The van der Waals surface area contributed by atoms with Crippen molar-refractivity contribution >= 4 is 47.0 Å².